The molecular weight excluding hydrogens is 477 g/mol. The number of methoxy groups -OCH3 is 1. The number of hydrogen-bond acceptors (Lipinski definition) is 5. The van der Waals surface area contributed by atoms with Gasteiger partial charge in [0.15, 0.2) is 6.10 Å². The summed E-state index contributed by atoms with van der Waals surface area (Å²) < 4.78 is 59.9. The fraction of sp³-hybridized carbons (Fsp3) is 0.370. The topological polar surface area (TPSA) is 44.8 Å². The first-order valence-electron chi connectivity index (χ1n) is 11.3. The zero-order valence-corrected chi connectivity index (χ0v) is 20.8. The van der Waals surface area contributed by atoms with Crippen LogP contribution in [0, 0.1) is 0 Å². The van der Waals surface area contributed by atoms with E-state index in [0.717, 1.165) is 42.2 Å². The van der Waals surface area contributed by atoms with Crippen LogP contribution in [0.15, 0.2) is 47.8 Å². The molecule has 3 aromatic rings. The van der Waals surface area contributed by atoms with Crippen molar-refractivity contribution in [3.05, 3.63) is 64.5 Å². The van der Waals surface area contributed by atoms with Crippen molar-refractivity contribution < 1.29 is 32.2 Å². The van der Waals surface area contributed by atoms with Crippen molar-refractivity contribution in [3.8, 4) is 27.3 Å². The van der Waals surface area contributed by atoms with Gasteiger partial charge in [-0.05, 0) is 85.5 Å². The summed E-state index contributed by atoms with van der Waals surface area (Å²) in [6, 6.07) is 11.6. The lowest BCUT2D eigenvalue weighted by atomic mass is 9.85. The molecule has 0 saturated heterocycles. The monoisotopic (exact) mass is 504 g/mol. The number of hydrogen-bond donors (Lipinski definition) is 0. The maximum Gasteiger partial charge on any atom is 0.416 e. The zero-order valence-electron chi connectivity index (χ0n) is 20.0. The molecule has 4 nitrogen and oxygen atoms in total. The summed E-state index contributed by atoms with van der Waals surface area (Å²) in [5.74, 6) is -0.169. The minimum Gasteiger partial charge on any atom is -0.493 e. The Hall–Kier alpha value is -2.84. The molecule has 2 heterocycles. The molecule has 0 fully saturated rings. The van der Waals surface area contributed by atoms with Gasteiger partial charge in [0.25, 0.3) is 0 Å². The van der Waals surface area contributed by atoms with Crippen molar-refractivity contribution in [1.82, 2.24) is 0 Å². The van der Waals surface area contributed by atoms with Gasteiger partial charge in [-0.1, -0.05) is 18.2 Å². The molecule has 0 N–H and O–H groups in total. The number of rotatable bonds is 5. The van der Waals surface area contributed by atoms with E-state index < -0.39 is 29.4 Å². The summed E-state index contributed by atoms with van der Waals surface area (Å²) in [5.41, 5.74) is 0.275. The summed E-state index contributed by atoms with van der Waals surface area (Å²) in [4.78, 5) is 13.7. The molecule has 0 radical (unpaired) electrons. The van der Waals surface area contributed by atoms with Gasteiger partial charge >= 0.3 is 12.1 Å². The molecule has 186 valence electrons. The Kier molecular flexibility index (Phi) is 6.97. The van der Waals surface area contributed by atoms with E-state index in [2.05, 4.69) is 0 Å². The van der Waals surface area contributed by atoms with Crippen LogP contribution in [0.3, 0.4) is 0 Å². The summed E-state index contributed by atoms with van der Waals surface area (Å²) in [6.45, 7) is 5.67. The van der Waals surface area contributed by atoms with Gasteiger partial charge in [0.05, 0.1) is 24.9 Å². The first-order valence-corrected chi connectivity index (χ1v) is 12.2. The lowest BCUT2D eigenvalue weighted by Gasteiger charge is -2.30. The molecule has 1 aromatic heterocycles. The number of esters is 1. The average molecular weight is 505 g/mol. The molecule has 1 unspecified atom stereocenters. The van der Waals surface area contributed by atoms with E-state index in [9.17, 15) is 18.0 Å². The number of alkyl halides is 3. The number of thiophene rings is 1. The fourth-order valence-corrected chi connectivity index (χ4v) is 5.05. The molecular formula is C27H27F3O4S. The van der Waals surface area contributed by atoms with Gasteiger partial charge in [-0.3, -0.25) is 0 Å². The molecule has 2 aromatic carbocycles. The number of carbonyl (C=O) groups is 1. The summed E-state index contributed by atoms with van der Waals surface area (Å²) in [6.07, 6.45) is -4.73. The second-order valence-corrected chi connectivity index (χ2v) is 10.3. The molecule has 1 aliphatic heterocycles. The van der Waals surface area contributed by atoms with Crippen molar-refractivity contribution in [2.45, 2.75) is 51.5 Å². The minimum absolute atomic E-state index is 0.248. The largest absolute Gasteiger partial charge is 0.493 e. The molecule has 4 rings (SSSR count). The summed E-state index contributed by atoms with van der Waals surface area (Å²) in [7, 11) is 1.15. The third kappa shape index (κ3) is 5.38. The Morgan fingerprint density at radius 1 is 1.11 bits per heavy atom. The van der Waals surface area contributed by atoms with Crippen molar-refractivity contribution in [2.75, 3.05) is 13.7 Å². The number of ether oxygens (including phenoxy) is 3. The Balaban J connectivity index is 2.09. The lowest BCUT2D eigenvalue weighted by molar-refractivity contribution is -0.166. The zero-order chi connectivity index (χ0) is 25.4. The highest BCUT2D eigenvalue weighted by Gasteiger charge is 2.42. The predicted molar refractivity (Wildman–Crippen MR) is 130 cm³/mol. The van der Waals surface area contributed by atoms with Crippen LogP contribution in [0.25, 0.3) is 21.6 Å². The van der Waals surface area contributed by atoms with Crippen LogP contribution in [0.2, 0.25) is 0 Å². The summed E-state index contributed by atoms with van der Waals surface area (Å²) in [5, 5.41) is 1.86. The van der Waals surface area contributed by atoms with E-state index in [-0.39, 0.29) is 5.56 Å². The van der Waals surface area contributed by atoms with Gasteiger partial charge in [-0.2, -0.15) is 13.2 Å². The summed E-state index contributed by atoms with van der Waals surface area (Å²) >= 11 is 1.41. The van der Waals surface area contributed by atoms with E-state index in [4.69, 9.17) is 14.2 Å². The van der Waals surface area contributed by atoms with Gasteiger partial charge in [-0.15, -0.1) is 11.3 Å². The number of carbonyl (C=O) groups excluding carboxylic acids is 1. The van der Waals surface area contributed by atoms with Crippen LogP contribution < -0.4 is 4.74 Å². The first-order chi connectivity index (χ1) is 16.5. The predicted octanol–water partition coefficient (Wildman–Crippen LogP) is 7.46. The van der Waals surface area contributed by atoms with Crippen molar-refractivity contribution in [1.29, 1.82) is 0 Å². The molecule has 0 bridgehead atoms. The van der Waals surface area contributed by atoms with E-state index in [0.29, 0.717) is 23.3 Å². The Morgan fingerprint density at radius 2 is 1.89 bits per heavy atom. The maximum atomic E-state index is 14.4. The van der Waals surface area contributed by atoms with Gasteiger partial charge in [0.2, 0.25) is 0 Å². The third-order valence-electron chi connectivity index (χ3n) is 5.68. The van der Waals surface area contributed by atoms with E-state index in [1.807, 2.05) is 23.6 Å². The van der Waals surface area contributed by atoms with Gasteiger partial charge in [-0.25, -0.2) is 4.79 Å². The second-order valence-electron chi connectivity index (χ2n) is 9.33. The Bertz CT molecular complexity index is 1210. The van der Waals surface area contributed by atoms with Crippen LogP contribution in [0.1, 0.15) is 50.0 Å². The van der Waals surface area contributed by atoms with Crippen molar-refractivity contribution in [2.24, 2.45) is 0 Å². The van der Waals surface area contributed by atoms with Gasteiger partial charge in [0, 0.05) is 10.4 Å². The molecule has 1 aliphatic rings. The molecule has 0 amide bonds. The molecule has 0 aliphatic carbocycles. The quantitative estimate of drug-likeness (QED) is 0.339. The van der Waals surface area contributed by atoms with Crippen LogP contribution in [0.5, 0.6) is 5.75 Å². The SMILES string of the molecule is COC(=O)C(OC(C)(C)C)c1c(C(F)(F)F)ccc(-c2cccs2)c1-c1ccc2c(c1)CCCO2. The van der Waals surface area contributed by atoms with Crippen LogP contribution in [0.4, 0.5) is 13.2 Å². The van der Waals surface area contributed by atoms with Gasteiger partial charge in [0.1, 0.15) is 5.75 Å². The Labute approximate surface area is 206 Å². The second kappa shape index (κ2) is 9.66. The average Bonchev–Trinajstić information content (AvgIpc) is 3.34. The minimum atomic E-state index is -4.72. The van der Waals surface area contributed by atoms with Crippen molar-refractivity contribution >= 4 is 17.3 Å². The highest BCUT2D eigenvalue weighted by Crippen LogP contribution is 2.48. The smallest absolute Gasteiger partial charge is 0.416 e. The highest BCUT2D eigenvalue weighted by atomic mass is 32.1. The lowest BCUT2D eigenvalue weighted by Crippen LogP contribution is -2.30. The number of aryl methyl sites for hydroxylation is 1. The molecule has 1 atom stereocenters. The van der Waals surface area contributed by atoms with E-state index in [1.165, 1.54) is 17.4 Å². The number of halogens is 3. The first kappa shape index (κ1) is 25.3. The molecule has 0 spiro atoms. The molecule has 8 heteroatoms. The molecule has 35 heavy (non-hydrogen) atoms. The normalized spacial score (nSPS) is 14.7. The van der Waals surface area contributed by atoms with Crippen LogP contribution >= 0.6 is 11.3 Å². The standard InChI is InChI=1S/C27H27F3O4S/c1-26(2,3)34-24(25(31)32-4)23-19(27(28,29)30)11-10-18(21-8-6-14-35-21)22(23)17-9-12-20-16(15-17)7-5-13-33-20/h6,8-12,14-15,24H,5,7,13H2,1-4H3. The van der Waals surface area contributed by atoms with Crippen LogP contribution in [-0.2, 0) is 26.9 Å². The number of fused-ring (bicyclic) bond motifs is 1. The fourth-order valence-electron chi connectivity index (χ4n) is 4.29. The highest BCUT2D eigenvalue weighted by molar-refractivity contribution is 7.13. The van der Waals surface area contributed by atoms with Crippen molar-refractivity contribution in [3.63, 3.8) is 0 Å². The Morgan fingerprint density at radius 3 is 2.51 bits per heavy atom. The number of benzene rings is 2. The maximum absolute atomic E-state index is 14.4. The van der Waals surface area contributed by atoms with E-state index in [1.54, 1.807) is 32.9 Å². The van der Waals surface area contributed by atoms with Crippen LogP contribution in [-0.4, -0.2) is 25.3 Å². The molecule has 0 saturated carbocycles. The van der Waals surface area contributed by atoms with Gasteiger partial charge < -0.3 is 14.2 Å². The van der Waals surface area contributed by atoms with E-state index >= 15 is 0 Å². The third-order valence-corrected chi connectivity index (χ3v) is 6.59.